The van der Waals surface area contributed by atoms with Gasteiger partial charge in [-0.2, -0.15) is 0 Å². The van der Waals surface area contributed by atoms with E-state index in [1.807, 2.05) is 24.3 Å². The Morgan fingerprint density at radius 2 is 1.69 bits per heavy atom. The normalized spacial score (nSPS) is 15.9. The molecular weight excluding hydrogens is 408 g/mol. The summed E-state index contributed by atoms with van der Waals surface area (Å²) in [6, 6.07) is 14.4. The van der Waals surface area contributed by atoms with Gasteiger partial charge in [-0.3, -0.25) is 4.79 Å². The molecule has 3 rings (SSSR count). The van der Waals surface area contributed by atoms with Gasteiger partial charge in [-0.1, -0.05) is 48.7 Å². The number of hydrogen-bond acceptors (Lipinski definition) is 3. The number of carbonyl (C=O) groups is 1. The summed E-state index contributed by atoms with van der Waals surface area (Å²) in [7, 11) is -2.06. The fourth-order valence-electron chi connectivity index (χ4n) is 3.89. The first-order valence-corrected chi connectivity index (χ1v) is 11.8. The van der Waals surface area contributed by atoms with Gasteiger partial charge in [0.1, 0.15) is 0 Å². The minimum Gasteiger partial charge on any atom is -0.349 e. The Morgan fingerprint density at radius 3 is 2.28 bits per heavy atom. The zero-order valence-corrected chi connectivity index (χ0v) is 18.1. The van der Waals surface area contributed by atoms with Crippen LogP contribution < -0.4 is 10.0 Å². The van der Waals surface area contributed by atoms with Crippen LogP contribution in [-0.4, -0.2) is 21.4 Å². The van der Waals surface area contributed by atoms with Crippen LogP contribution in [0.1, 0.15) is 49.3 Å². The van der Waals surface area contributed by atoms with Gasteiger partial charge in [0, 0.05) is 11.4 Å². The van der Waals surface area contributed by atoms with Gasteiger partial charge in [0.05, 0.1) is 10.9 Å². The summed E-state index contributed by atoms with van der Waals surface area (Å²) in [5, 5.41) is 3.91. The first kappa shape index (κ1) is 21.8. The van der Waals surface area contributed by atoms with Gasteiger partial charge in [0.2, 0.25) is 15.9 Å². The molecule has 0 aliphatic heterocycles. The van der Waals surface area contributed by atoms with Crippen molar-refractivity contribution in [2.75, 3.05) is 7.05 Å². The molecule has 29 heavy (non-hydrogen) atoms. The number of hydrogen-bond donors (Lipinski definition) is 2. The number of sulfonamides is 1. The number of aryl methyl sites for hydroxylation is 1. The van der Waals surface area contributed by atoms with Crippen LogP contribution in [-0.2, 0) is 21.2 Å². The molecule has 2 aromatic carbocycles. The van der Waals surface area contributed by atoms with Gasteiger partial charge >= 0.3 is 0 Å². The van der Waals surface area contributed by atoms with E-state index in [0.29, 0.717) is 23.8 Å². The Labute approximate surface area is 177 Å². The first-order chi connectivity index (χ1) is 13.9. The number of amides is 1. The van der Waals surface area contributed by atoms with E-state index in [2.05, 4.69) is 10.0 Å². The Hall–Kier alpha value is -1.89. The summed E-state index contributed by atoms with van der Waals surface area (Å²) in [5.74, 6) is 0.454. The molecule has 1 aliphatic rings. The summed E-state index contributed by atoms with van der Waals surface area (Å²) in [4.78, 5) is 12.9. The minimum atomic E-state index is -3.44. The third kappa shape index (κ3) is 5.81. The molecule has 2 aromatic rings. The minimum absolute atomic E-state index is 0.00349. The van der Waals surface area contributed by atoms with Gasteiger partial charge in [0.25, 0.3) is 0 Å². The number of rotatable bonds is 8. The lowest BCUT2D eigenvalue weighted by Gasteiger charge is -2.25. The van der Waals surface area contributed by atoms with Gasteiger partial charge in [-0.15, -0.1) is 0 Å². The van der Waals surface area contributed by atoms with E-state index in [1.165, 1.54) is 19.9 Å². The van der Waals surface area contributed by atoms with Crippen LogP contribution in [0.15, 0.2) is 53.4 Å². The maximum absolute atomic E-state index is 12.7. The summed E-state index contributed by atoms with van der Waals surface area (Å²) >= 11 is 6.02. The highest BCUT2D eigenvalue weighted by atomic mass is 35.5. The molecule has 156 valence electrons. The summed E-state index contributed by atoms with van der Waals surface area (Å²) in [6.07, 6.45) is 5.56. The quantitative estimate of drug-likeness (QED) is 0.652. The lowest BCUT2D eigenvalue weighted by Crippen LogP contribution is -2.32. The van der Waals surface area contributed by atoms with Crippen LogP contribution >= 0.6 is 11.6 Å². The van der Waals surface area contributed by atoms with E-state index < -0.39 is 10.0 Å². The number of carbonyl (C=O) groups excluding carboxylic acids is 1. The summed E-state index contributed by atoms with van der Waals surface area (Å²) in [5.41, 5.74) is 2.02. The molecule has 0 aromatic heterocycles. The highest BCUT2D eigenvalue weighted by Crippen LogP contribution is 2.36. The van der Waals surface area contributed by atoms with Crippen molar-refractivity contribution in [2.45, 2.75) is 49.5 Å². The van der Waals surface area contributed by atoms with Crippen molar-refractivity contribution in [2.24, 2.45) is 5.92 Å². The molecule has 0 heterocycles. The topological polar surface area (TPSA) is 75.3 Å². The van der Waals surface area contributed by atoms with Gasteiger partial charge in [-0.05, 0) is 67.6 Å². The standard InChI is InChI=1S/C22H27ClN2O3S/c1-24-29(27,28)20-13-6-16(7-14-20)8-15-21(26)25-22(17-4-2-3-5-17)18-9-11-19(23)12-10-18/h6-7,9-14,17,22,24H,2-5,8,15H2,1H3,(H,25,26). The van der Waals surface area contributed by atoms with E-state index in [4.69, 9.17) is 11.6 Å². The van der Waals surface area contributed by atoms with Crippen molar-refractivity contribution < 1.29 is 13.2 Å². The predicted molar refractivity (Wildman–Crippen MR) is 115 cm³/mol. The van der Waals surface area contributed by atoms with Crippen LogP contribution in [0.2, 0.25) is 5.02 Å². The average Bonchev–Trinajstić information content (AvgIpc) is 3.26. The Kier molecular flexibility index (Phi) is 7.33. The third-order valence-corrected chi connectivity index (χ3v) is 7.24. The van der Waals surface area contributed by atoms with Crippen LogP contribution in [0.4, 0.5) is 0 Å². The van der Waals surface area contributed by atoms with Crippen LogP contribution in [0, 0.1) is 5.92 Å². The van der Waals surface area contributed by atoms with E-state index in [0.717, 1.165) is 24.0 Å². The molecule has 0 saturated heterocycles. The Morgan fingerprint density at radius 1 is 1.07 bits per heavy atom. The maximum atomic E-state index is 12.7. The molecule has 0 radical (unpaired) electrons. The number of benzene rings is 2. The van der Waals surface area contributed by atoms with E-state index in [1.54, 1.807) is 24.3 Å². The first-order valence-electron chi connectivity index (χ1n) is 9.96. The third-order valence-electron chi connectivity index (χ3n) is 5.56. The monoisotopic (exact) mass is 434 g/mol. The SMILES string of the molecule is CNS(=O)(=O)c1ccc(CCC(=O)NC(c2ccc(Cl)cc2)C2CCCC2)cc1. The molecule has 0 spiro atoms. The fraction of sp³-hybridized carbons (Fsp3) is 0.409. The van der Waals surface area contributed by atoms with Crippen LogP contribution in [0.25, 0.3) is 0 Å². The van der Waals surface area contributed by atoms with Crippen molar-refractivity contribution in [3.8, 4) is 0 Å². The lowest BCUT2D eigenvalue weighted by atomic mass is 9.91. The van der Waals surface area contributed by atoms with Gasteiger partial charge in [0.15, 0.2) is 0 Å². The molecule has 1 atom stereocenters. The largest absolute Gasteiger partial charge is 0.349 e. The predicted octanol–water partition coefficient (Wildman–Crippen LogP) is 4.23. The second-order valence-corrected chi connectivity index (χ2v) is 9.82. The van der Waals surface area contributed by atoms with Crippen LogP contribution in [0.3, 0.4) is 0 Å². The van der Waals surface area contributed by atoms with Gasteiger partial charge < -0.3 is 5.32 Å². The van der Waals surface area contributed by atoms with E-state index in [9.17, 15) is 13.2 Å². The zero-order valence-electron chi connectivity index (χ0n) is 16.5. The summed E-state index contributed by atoms with van der Waals surface area (Å²) < 4.78 is 25.9. The molecule has 1 aliphatic carbocycles. The Balaban J connectivity index is 1.62. The molecule has 1 amide bonds. The Bertz CT molecular complexity index is 922. The second-order valence-electron chi connectivity index (χ2n) is 7.49. The number of nitrogens with one attached hydrogen (secondary N) is 2. The smallest absolute Gasteiger partial charge is 0.240 e. The highest BCUT2D eigenvalue weighted by Gasteiger charge is 2.27. The molecule has 1 unspecified atom stereocenters. The van der Waals surface area contributed by atoms with Crippen molar-refractivity contribution in [3.63, 3.8) is 0 Å². The van der Waals surface area contributed by atoms with Crippen molar-refractivity contribution in [3.05, 3.63) is 64.7 Å². The number of halogens is 1. The molecule has 2 N–H and O–H groups in total. The highest BCUT2D eigenvalue weighted by molar-refractivity contribution is 7.89. The van der Waals surface area contributed by atoms with Gasteiger partial charge in [-0.25, -0.2) is 13.1 Å². The molecule has 7 heteroatoms. The average molecular weight is 435 g/mol. The molecule has 1 fully saturated rings. The second kappa shape index (κ2) is 9.74. The fourth-order valence-corrected chi connectivity index (χ4v) is 4.75. The zero-order chi connectivity index (χ0) is 20.9. The lowest BCUT2D eigenvalue weighted by molar-refractivity contribution is -0.122. The molecule has 1 saturated carbocycles. The summed E-state index contributed by atoms with van der Waals surface area (Å²) in [6.45, 7) is 0. The van der Waals surface area contributed by atoms with Crippen molar-refractivity contribution in [1.82, 2.24) is 10.0 Å². The van der Waals surface area contributed by atoms with E-state index in [-0.39, 0.29) is 16.8 Å². The van der Waals surface area contributed by atoms with Crippen molar-refractivity contribution >= 4 is 27.5 Å². The molecular formula is C22H27ClN2O3S. The van der Waals surface area contributed by atoms with E-state index >= 15 is 0 Å². The molecule has 0 bridgehead atoms. The van der Waals surface area contributed by atoms with Crippen LogP contribution in [0.5, 0.6) is 0 Å². The maximum Gasteiger partial charge on any atom is 0.240 e. The molecule has 5 nitrogen and oxygen atoms in total. The van der Waals surface area contributed by atoms with Crippen molar-refractivity contribution in [1.29, 1.82) is 0 Å².